The van der Waals surface area contributed by atoms with Gasteiger partial charge >= 0.3 is 5.97 Å². The lowest BCUT2D eigenvalue weighted by Crippen LogP contribution is -2.33. The second-order valence-electron chi connectivity index (χ2n) is 10.9. The maximum Gasteiger partial charge on any atom is 0.328 e. The number of esters is 1. The van der Waals surface area contributed by atoms with Gasteiger partial charge in [0.2, 0.25) is 0 Å². The first-order chi connectivity index (χ1) is 22.0. The lowest BCUT2D eigenvalue weighted by atomic mass is 10.00. The summed E-state index contributed by atoms with van der Waals surface area (Å²) in [5.74, 6) is 0.359. The van der Waals surface area contributed by atoms with Crippen LogP contribution in [0.25, 0.3) is 0 Å². The van der Waals surface area contributed by atoms with E-state index in [9.17, 15) is 14.4 Å². The number of anilines is 2. The summed E-state index contributed by atoms with van der Waals surface area (Å²) >= 11 is 0. The summed E-state index contributed by atoms with van der Waals surface area (Å²) in [7, 11) is 1.36. The van der Waals surface area contributed by atoms with E-state index in [0.29, 0.717) is 42.8 Å². The number of benzene rings is 4. The third-order valence-corrected chi connectivity index (χ3v) is 7.53. The van der Waals surface area contributed by atoms with E-state index < -0.39 is 12.0 Å². The molecule has 1 atom stereocenters. The number of rotatable bonds is 18. The molecular formula is C38H42N2O5. The van der Waals surface area contributed by atoms with Crippen molar-refractivity contribution in [3.63, 3.8) is 0 Å². The lowest BCUT2D eigenvalue weighted by Gasteiger charge is -2.20. The monoisotopic (exact) mass is 606 g/mol. The second kappa shape index (κ2) is 17.4. The molecule has 0 aliphatic carbocycles. The van der Waals surface area contributed by atoms with E-state index in [1.165, 1.54) is 7.11 Å². The zero-order valence-electron chi connectivity index (χ0n) is 26.1. The van der Waals surface area contributed by atoms with Gasteiger partial charge in [-0.05, 0) is 54.8 Å². The molecule has 234 valence electrons. The Morgan fingerprint density at radius 1 is 0.733 bits per heavy atom. The molecule has 0 heterocycles. The molecule has 0 amide bonds. The van der Waals surface area contributed by atoms with Crippen molar-refractivity contribution in [3.8, 4) is 5.75 Å². The number of ether oxygens (including phenoxy) is 2. The number of hydrogen-bond donors (Lipinski definition) is 2. The molecule has 0 aliphatic rings. The summed E-state index contributed by atoms with van der Waals surface area (Å²) in [6, 6.07) is 30.8. The van der Waals surface area contributed by atoms with Gasteiger partial charge in [0.1, 0.15) is 11.8 Å². The molecule has 0 aliphatic heterocycles. The average Bonchev–Trinajstić information content (AvgIpc) is 3.08. The van der Waals surface area contributed by atoms with Gasteiger partial charge in [-0.3, -0.25) is 9.59 Å². The standard InChI is InChI=1S/C38H42N2O5/c1-3-4-6-20-36(41)31-16-9-11-18-33(31)39-25-13-26-45-30-23-21-28(22-24-30)27-35(38(43)44-2)40-34-19-12-10-17-32(34)37(42)29-14-7-5-8-15-29/h5,7-12,14-19,21-24,35,39-40H,3-4,6,13,20,25-27H2,1-2H3. The Morgan fingerprint density at radius 3 is 2.11 bits per heavy atom. The Labute approximate surface area is 266 Å². The van der Waals surface area contributed by atoms with Crippen LogP contribution in [0.3, 0.4) is 0 Å². The fraction of sp³-hybridized carbons (Fsp3) is 0.289. The molecule has 1 unspecified atom stereocenters. The first kappa shape index (κ1) is 33.0. The van der Waals surface area contributed by atoms with Gasteiger partial charge in [-0.2, -0.15) is 0 Å². The predicted molar refractivity (Wildman–Crippen MR) is 179 cm³/mol. The van der Waals surface area contributed by atoms with Crippen molar-refractivity contribution in [2.75, 3.05) is 30.9 Å². The van der Waals surface area contributed by atoms with Crippen LogP contribution in [0.1, 0.15) is 70.9 Å². The van der Waals surface area contributed by atoms with E-state index in [4.69, 9.17) is 9.47 Å². The molecule has 0 saturated carbocycles. The van der Waals surface area contributed by atoms with E-state index in [0.717, 1.165) is 48.2 Å². The van der Waals surface area contributed by atoms with Crippen LogP contribution in [0.2, 0.25) is 0 Å². The van der Waals surface area contributed by atoms with Crippen LogP contribution in [0.4, 0.5) is 11.4 Å². The van der Waals surface area contributed by atoms with Crippen LogP contribution >= 0.6 is 0 Å². The molecule has 4 aromatic carbocycles. The topological polar surface area (TPSA) is 93.7 Å². The minimum absolute atomic E-state index is 0.126. The molecule has 0 radical (unpaired) electrons. The van der Waals surface area contributed by atoms with Crippen LogP contribution in [-0.2, 0) is 16.0 Å². The number of carbonyl (C=O) groups excluding carboxylic acids is 3. The van der Waals surface area contributed by atoms with Gasteiger partial charge in [0.25, 0.3) is 0 Å². The van der Waals surface area contributed by atoms with E-state index in [2.05, 4.69) is 17.6 Å². The Balaban J connectivity index is 1.29. The second-order valence-corrected chi connectivity index (χ2v) is 10.9. The quantitative estimate of drug-likeness (QED) is 0.0679. The zero-order chi connectivity index (χ0) is 31.9. The third-order valence-electron chi connectivity index (χ3n) is 7.53. The number of para-hydroxylation sites is 2. The predicted octanol–water partition coefficient (Wildman–Crippen LogP) is 7.76. The van der Waals surface area contributed by atoms with Crippen LogP contribution in [0.15, 0.2) is 103 Å². The maximum atomic E-state index is 13.2. The minimum Gasteiger partial charge on any atom is -0.494 e. The van der Waals surface area contributed by atoms with E-state index in [-0.39, 0.29) is 11.6 Å². The first-order valence-electron chi connectivity index (χ1n) is 15.6. The number of nitrogens with one attached hydrogen (secondary N) is 2. The number of unbranched alkanes of at least 4 members (excludes halogenated alkanes) is 2. The number of hydrogen-bond acceptors (Lipinski definition) is 7. The Hall–Kier alpha value is -4.91. The van der Waals surface area contributed by atoms with Gasteiger partial charge in [-0.25, -0.2) is 4.79 Å². The van der Waals surface area contributed by atoms with Crippen molar-refractivity contribution in [3.05, 3.63) is 125 Å². The molecule has 7 nitrogen and oxygen atoms in total. The zero-order valence-corrected chi connectivity index (χ0v) is 26.1. The summed E-state index contributed by atoms with van der Waals surface area (Å²) in [5.41, 5.74) is 4.15. The fourth-order valence-corrected chi connectivity index (χ4v) is 5.07. The number of Topliss-reactive ketones (excluding diaryl/α,β-unsaturated/α-hetero) is 1. The molecule has 0 bridgehead atoms. The Kier molecular flexibility index (Phi) is 12.8. The SMILES string of the molecule is CCCCCC(=O)c1ccccc1NCCCOc1ccc(CC(Nc2ccccc2C(=O)c2ccccc2)C(=O)OC)cc1. The molecule has 2 N–H and O–H groups in total. The molecule has 0 fully saturated rings. The highest BCUT2D eigenvalue weighted by atomic mass is 16.5. The highest BCUT2D eigenvalue weighted by molar-refractivity contribution is 6.12. The Bertz CT molecular complexity index is 1540. The first-order valence-corrected chi connectivity index (χ1v) is 15.6. The summed E-state index contributed by atoms with van der Waals surface area (Å²) in [6.07, 6.45) is 4.77. The highest BCUT2D eigenvalue weighted by Crippen LogP contribution is 2.23. The van der Waals surface area contributed by atoms with Crippen molar-refractivity contribution in [1.29, 1.82) is 0 Å². The molecule has 0 saturated heterocycles. The van der Waals surface area contributed by atoms with E-state index in [1.54, 1.807) is 30.3 Å². The normalized spacial score (nSPS) is 11.3. The van der Waals surface area contributed by atoms with Crippen molar-refractivity contribution < 1.29 is 23.9 Å². The largest absolute Gasteiger partial charge is 0.494 e. The summed E-state index contributed by atoms with van der Waals surface area (Å²) < 4.78 is 11.0. The van der Waals surface area contributed by atoms with Crippen LogP contribution in [-0.4, -0.2) is 43.8 Å². The number of ketones is 2. The third kappa shape index (κ3) is 9.80. The molecule has 4 rings (SSSR count). The smallest absolute Gasteiger partial charge is 0.328 e. The lowest BCUT2D eigenvalue weighted by molar-refractivity contribution is -0.141. The summed E-state index contributed by atoms with van der Waals surface area (Å²) in [6.45, 7) is 3.32. The Morgan fingerprint density at radius 2 is 1.40 bits per heavy atom. The van der Waals surface area contributed by atoms with E-state index in [1.807, 2.05) is 72.8 Å². The molecule has 7 heteroatoms. The highest BCUT2D eigenvalue weighted by Gasteiger charge is 2.22. The molecular weight excluding hydrogens is 564 g/mol. The maximum absolute atomic E-state index is 13.2. The molecule has 45 heavy (non-hydrogen) atoms. The minimum atomic E-state index is -0.695. The van der Waals surface area contributed by atoms with Gasteiger partial charge in [-0.15, -0.1) is 0 Å². The van der Waals surface area contributed by atoms with Gasteiger partial charge in [0.15, 0.2) is 11.6 Å². The van der Waals surface area contributed by atoms with Crippen LogP contribution in [0.5, 0.6) is 5.75 Å². The van der Waals surface area contributed by atoms with Crippen molar-refractivity contribution >= 4 is 28.9 Å². The summed E-state index contributed by atoms with van der Waals surface area (Å²) in [5, 5.41) is 6.63. The van der Waals surface area contributed by atoms with Gasteiger partial charge in [0, 0.05) is 47.5 Å². The molecule has 4 aromatic rings. The van der Waals surface area contributed by atoms with Crippen molar-refractivity contribution in [2.24, 2.45) is 0 Å². The van der Waals surface area contributed by atoms with Gasteiger partial charge in [0.05, 0.1) is 13.7 Å². The van der Waals surface area contributed by atoms with Crippen molar-refractivity contribution in [2.45, 2.75) is 51.5 Å². The summed E-state index contributed by atoms with van der Waals surface area (Å²) in [4.78, 5) is 38.6. The van der Waals surface area contributed by atoms with Crippen molar-refractivity contribution in [1.82, 2.24) is 0 Å². The van der Waals surface area contributed by atoms with Gasteiger partial charge in [-0.1, -0.05) is 86.5 Å². The number of carbonyl (C=O) groups is 3. The number of methoxy groups -OCH3 is 1. The van der Waals surface area contributed by atoms with Crippen LogP contribution < -0.4 is 15.4 Å². The fourth-order valence-electron chi connectivity index (χ4n) is 5.07. The average molecular weight is 607 g/mol. The molecule has 0 spiro atoms. The van der Waals surface area contributed by atoms with Gasteiger partial charge < -0.3 is 20.1 Å². The molecule has 0 aromatic heterocycles. The van der Waals surface area contributed by atoms with E-state index >= 15 is 0 Å². The van der Waals surface area contributed by atoms with Crippen LogP contribution in [0, 0.1) is 0 Å².